The zero-order valence-corrected chi connectivity index (χ0v) is 39.0. The van der Waals surface area contributed by atoms with Crippen LogP contribution in [0.1, 0.15) is 61.1 Å². The third-order valence-electron chi connectivity index (χ3n) is 11.8. The number of nitrogens with one attached hydrogen (secondary N) is 2. The van der Waals surface area contributed by atoms with Crippen LogP contribution in [0.4, 0.5) is 22.7 Å². The fourth-order valence-corrected chi connectivity index (χ4v) is 8.94. The van der Waals surface area contributed by atoms with Crippen LogP contribution in [0.3, 0.4) is 0 Å². The fraction of sp³-hybridized carbons (Fsp3) is 0.179. The molecule has 0 amide bonds. The zero-order valence-electron chi connectivity index (χ0n) is 38.2. The van der Waals surface area contributed by atoms with Crippen LogP contribution in [-0.2, 0) is 23.5 Å². The van der Waals surface area contributed by atoms with Crippen LogP contribution < -0.4 is 20.1 Å². The highest BCUT2D eigenvalue weighted by Crippen LogP contribution is 2.38. The average Bonchev–Trinajstić information content (AvgIpc) is 3.85. The largest absolute Gasteiger partial charge is 0.759 e. The number of hydrogen-bond acceptors (Lipinski definition) is 8. The van der Waals surface area contributed by atoms with Gasteiger partial charge < -0.3 is 29.2 Å². The van der Waals surface area contributed by atoms with Crippen LogP contribution in [-0.4, -0.2) is 64.4 Å². The van der Waals surface area contributed by atoms with Gasteiger partial charge in [0.15, 0.2) is 0 Å². The maximum absolute atomic E-state index is 8.52. The van der Waals surface area contributed by atoms with Gasteiger partial charge in [0.1, 0.15) is 24.6 Å². The van der Waals surface area contributed by atoms with E-state index < -0.39 is 10.4 Å². The predicted octanol–water partition coefficient (Wildman–Crippen LogP) is 11.4. The molecule has 8 aromatic rings. The van der Waals surface area contributed by atoms with E-state index in [2.05, 4.69) is 179 Å². The number of benzene rings is 8. The predicted molar refractivity (Wildman–Crippen MR) is 268 cm³/mol. The summed E-state index contributed by atoms with van der Waals surface area (Å²) in [6, 6.07) is 60.5. The van der Waals surface area contributed by atoms with Crippen LogP contribution in [0.2, 0.25) is 0 Å². The standard InChI is InChI=1S/2C28H26N2O.H2O4S/c2*1-3-30-26-10-6-8-21-7-5-9-25(27(21)26)28(30)22-13-15-23(16-14-22)29-19-20-11-17-24(18-12-20)31-4-2;1-5(2,3)4/h2*5-18H,3-4,19H2,1-2H3;(H2,1,2,3,4). The molecule has 0 unspecified atom stereocenters. The van der Waals surface area contributed by atoms with Crippen LogP contribution in [0.25, 0.3) is 21.5 Å². The van der Waals surface area contributed by atoms with Crippen LogP contribution in [0.5, 0.6) is 11.5 Å². The lowest BCUT2D eigenvalue weighted by Crippen LogP contribution is -2.15. The Balaban J connectivity index is 0.000000165. The molecule has 8 aromatic carbocycles. The Morgan fingerprint density at radius 1 is 0.463 bits per heavy atom. The van der Waals surface area contributed by atoms with E-state index in [1.54, 1.807) is 0 Å². The van der Waals surface area contributed by atoms with E-state index in [0.717, 1.165) is 49.1 Å². The summed E-state index contributed by atoms with van der Waals surface area (Å²) in [5, 5.41) is 12.4. The van der Waals surface area contributed by atoms with Gasteiger partial charge in [0.05, 0.1) is 35.1 Å². The number of anilines is 2. The van der Waals surface area contributed by atoms with E-state index in [9.17, 15) is 0 Å². The van der Waals surface area contributed by atoms with Crippen molar-refractivity contribution in [3.63, 3.8) is 0 Å². The minimum Gasteiger partial charge on any atom is -0.759 e. The number of nitrogens with zero attached hydrogens (tertiary/aromatic N) is 2. The molecule has 0 bridgehead atoms. The van der Waals surface area contributed by atoms with Gasteiger partial charge in [-0.05, 0) is 135 Å². The van der Waals surface area contributed by atoms with Gasteiger partial charge in [0.2, 0.25) is 22.8 Å². The molecule has 0 atom stereocenters. The number of ether oxygens (including phenoxy) is 2. The lowest BCUT2D eigenvalue weighted by molar-refractivity contribution is -0.431. The molecule has 0 saturated heterocycles. The molecule has 340 valence electrons. The second-order valence-electron chi connectivity index (χ2n) is 16.0. The molecule has 10 nitrogen and oxygen atoms in total. The molecule has 0 aliphatic carbocycles. The minimum absolute atomic E-state index is 0.692. The maximum atomic E-state index is 8.52. The zero-order chi connectivity index (χ0) is 46.9. The van der Waals surface area contributed by atoms with Crippen LogP contribution in [0.15, 0.2) is 170 Å². The van der Waals surface area contributed by atoms with Crippen LogP contribution in [0, 0.1) is 0 Å². The molecule has 2 aliphatic rings. The molecular weight excluding hydrogens is 857 g/mol. The third kappa shape index (κ3) is 10.7. The normalized spacial score (nSPS) is 12.4. The van der Waals surface area contributed by atoms with Gasteiger partial charge in [0, 0.05) is 58.1 Å². The van der Waals surface area contributed by atoms with Gasteiger partial charge in [-0.2, -0.15) is 9.15 Å². The molecule has 0 fully saturated rings. The molecule has 2 aliphatic heterocycles. The highest BCUT2D eigenvalue weighted by molar-refractivity contribution is 7.79. The molecule has 10 rings (SSSR count). The highest BCUT2D eigenvalue weighted by atomic mass is 32.3. The molecule has 11 heteroatoms. The Kier molecular flexibility index (Phi) is 14.4. The van der Waals surface area contributed by atoms with Crippen LogP contribution >= 0.6 is 0 Å². The van der Waals surface area contributed by atoms with E-state index in [0.29, 0.717) is 13.2 Å². The highest BCUT2D eigenvalue weighted by Gasteiger charge is 2.33. The van der Waals surface area contributed by atoms with Crippen molar-refractivity contribution >= 4 is 66.1 Å². The summed E-state index contributed by atoms with van der Waals surface area (Å²) in [7, 11) is -5.17. The summed E-state index contributed by atoms with van der Waals surface area (Å²) in [5.74, 6) is 1.83. The molecule has 2 heterocycles. The van der Waals surface area contributed by atoms with Crippen molar-refractivity contribution in [2.24, 2.45) is 0 Å². The second-order valence-corrected chi connectivity index (χ2v) is 16.8. The first kappa shape index (κ1) is 46.2. The van der Waals surface area contributed by atoms with E-state index in [4.69, 9.17) is 27.0 Å². The first-order valence-electron chi connectivity index (χ1n) is 22.7. The topological polar surface area (TPSA) is 129 Å². The first-order chi connectivity index (χ1) is 32.6. The van der Waals surface area contributed by atoms with Crippen molar-refractivity contribution in [2.75, 3.05) is 36.9 Å². The van der Waals surface area contributed by atoms with E-state index in [1.807, 2.05) is 38.1 Å². The lowest BCUT2D eigenvalue weighted by atomic mass is 9.98. The molecule has 0 saturated carbocycles. The summed E-state index contributed by atoms with van der Waals surface area (Å²) >= 11 is 0. The van der Waals surface area contributed by atoms with Crippen molar-refractivity contribution < 1.29 is 36.1 Å². The van der Waals surface area contributed by atoms with Gasteiger partial charge >= 0.3 is 0 Å². The molecule has 2 N–H and O–H groups in total. The van der Waals surface area contributed by atoms with Crippen molar-refractivity contribution in [1.82, 2.24) is 0 Å². The monoisotopic (exact) mass is 910 g/mol. The molecular formula is C56H54N4O6S. The second kappa shape index (κ2) is 20.9. The summed E-state index contributed by atoms with van der Waals surface area (Å²) < 4.78 is 50.0. The average molecular weight is 911 g/mol. The SMILES string of the molecule is CCOc1ccc(CNc2ccc(C3=[N+](CC)c4cccc5cccc3c45)cc2)cc1.CCOc1ccc(CNc2ccc(C3=[N+](CC)c4cccc5cccc3c45)cc2)cc1.O=S(=O)([O-])[O-]. The Morgan fingerprint density at radius 2 is 0.806 bits per heavy atom. The summed E-state index contributed by atoms with van der Waals surface area (Å²) in [6.07, 6.45) is 0. The number of rotatable bonds is 14. The number of hydrogen-bond donors (Lipinski definition) is 2. The molecule has 0 spiro atoms. The van der Waals surface area contributed by atoms with E-state index in [-0.39, 0.29) is 0 Å². The third-order valence-corrected chi connectivity index (χ3v) is 11.8. The summed E-state index contributed by atoms with van der Waals surface area (Å²) in [4.78, 5) is 0. The van der Waals surface area contributed by atoms with Gasteiger partial charge in [-0.25, -0.2) is 0 Å². The van der Waals surface area contributed by atoms with Gasteiger partial charge in [-0.1, -0.05) is 72.8 Å². The van der Waals surface area contributed by atoms with E-state index in [1.165, 1.54) is 77.7 Å². The van der Waals surface area contributed by atoms with Crippen molar-refractivity contribution in [1.29, 1.82) is 0 Å². The Morgan fingerprint density at radius 3 is 1.13 bits per heavy atom. The minimum atomic E-state index is -5.17. The first-order valence-corrected chi connectivity index (χ1v) is 24.0. The molecule has 67 heavy (non-hydrogen) atoms. The van der Waals surface area contributed by atoms with Gasteiger partial charge in [-0.15, -0.1) is 0 Å². The Labute approximate surface area is 393 Å². The summed E-state index contributed by atoms with van der Waals surface area (Å²) in [6.45, 7) is 13.3. The Hall–Kier alpha value is -7.31. The quantitative estimate of drug-likeness (QED) is 0.0627. The Bertz CT molecular complexity index is 2970. The van der Waals surface area contributed by atoms with E-state index >= 15 is 0 Å². The van der Waals surface area contributed by atoms with Crippen molar-refractivity contribution in [3.05, 3.63) is 203 Å². The molecule has 0 radical (unpaired) electrons. The van der Waals surface area contributed by atoms with Gasteiger partial charge in [0.25, 0.3) is 0 Å². The van der Waals surface area contributed by atoms with Crippen molar-refractivity contribution in [3.8, 4) is 11.5 Å². The summed E-state index contributed by atoms with van der Waals surface area (Å²) in [5.41, 5.74) is 15.1. The van der Waals surface area contributed by atoms with Crippen molar-refractivity contribution in [2.45, 2.75) is 40.8 Å². The fourth-order valence-electron chi connectivity index (χ4n) is 8.94. The maximum Gasteiger partial charge on any atom is 0.221 e. The molecule has 0 aromatic heterocycles. The smallest absolute Gasteiger partial charge is 0.221 e. The van der Waals surface area contributed by atoms with Gasteiger partial charge in [-0.3, -0.25) is 8.42 Å². The lowest BCUT2D eigenvalue weighted by Gasteiger charge is -2.09.